The Labute approximate surface area is 103 Å². The zero-order chi connectivity index (χ0) is 13.3. The summed E-state index contributed by atoms with van der Waals surface area (Å²) in [6.07, 6.45) is -0.495. The predicted molar refractivity (Wildman–Crippen MR) is 63.0 cm³/mol. The van der Waals surface area contributed by atoms with Crippen LogP contribution in [0.4, 0.5) is 0 Å². The van der Waals surface area contributed by atoms with Gasteiger partial charge in [0, 0.05) is 0 Å². The van der Waals surface area contributed by atoms with E-state index in [-0.39, 0.29) is 23.0 Å². The number of nitrogens with zero attached hydrogens (tertiary/aromatic N) is 1. The molecule has 0 aliphatic carbocycles. The lowest BCUT2D eigenvalue weighted by Crippen LogP contribution is -2.41. The molecule has 7 nitrogen and oxygen atoms in total. The van der Waals surface area contributed by atoms with Gasteiger partial charge < -0.3 is 14.9 Å². The molecule has 0 unspecified atom stereocenters. The fraction of sp³-hybridized carbons (Fsp3) is 0.273. The first-order chi connectivity index (χ1) is 8.54. The summed E-state index contributed by atoms with van der Waals surface area (Å²) < 4.78 is 5.38. The van der Waals surface area contributed by atoms with E-state index in [4.69, 9.17) is 10.6 Å². The fourth-order valence-electron chi connectivity index (χ4n) is 1.70. The third-order valence-corrected chi connectivity index (χ3v) is 2.65. The van der Waals surface area contributed by atoms with Crippen LogP contribution in [0.15, 0.2) is 23.2 Å². The normalized spacial score (nSPS) is 22.2. The van der Waals surface area contributed by atoms with Crippen LogP contribution in [0.25, 0.3) is 0 Å². The van der Waals surface area contributed by atoms with Gasteiger partial charge in [-0.2, -0.15) is 0 Å². The number of phenolic OH excluding ortho intramolecular Hbond substituents is 2. The average molecular weight is 251 g/mol. The molecule has 0 saturated heterocycles. The number of aromatic hydroxyl groups is 2. The molecule has 1 aromatic carbocycles. The summed E-state index contributed by atoms with van der Waals surface area (Å²) >= 11 is 0. The second-order valence-corrected chi connectivity index (χ2v) is 3.88. The largest absolute Gasteiger partial charge is 0.504 e. The maximum absolute atomic E-state index is 11.4. The Morgan fingerprint density at radius 3 is 2.89 bits per heavy atom. The van der Waals surface area contributed by atoms with E-state index >= 15 is 0 Å². The molecule has 2 rings (SSSR count). The summed E-state index contributed by atoms with van der Waals surface area (Å²) in [4.78, 5) is 15.5. The summed E-state index contributed by atoms with van der Waals surface area (Å²) in [5.41, 5.74) is 2.23. The van der Waals surface area contributed by atoms with Crippen molar-refractivity contribution in [3.8, 4) is 11.5 Å². The minimum absolute atomic E-state index is 0.101. The van der Waals surface area contributed by atoms with Gasteiger partial charge in [-0.15, -0.1) is 0 Å². The minimum Gasteiger partial charge on any atom is -0.504 e. The third kappa shape index (κ3) is 1.95. The van der Waals surface area contributed by atoms with Gasteiger partial charge in [0.25, 0.3) is 5.91 Å². The van der Waals surface area contributed by atoms with E-state index in [9.17, 15) is 15.0 Å². The van der Waals surface area contributed by atoms with Gasteiger partial charge in [-0.25, -0.2) is 10.8 Å². The van der Waals surface area contributed by atoms with E-state index in [1.165, 1.54) is 18.2 Å². The Hall–Kier alpha value is -2.28. The Balaban J connectivity index is 2.35. The van der Waals surface area contributed by atoms with Crippen molar-refractivity contribution < 1.29 is 19.7 Å². The molecule has 96 valence electrons. The number of hydrazine groups is 1. The molecule has 1 aliphatic rings. The molecule has 0 fully saturated rings. The monoisotopic (exact) mass is 251 g/mol. The Kier molecular flexibility index (Phi) is 3.07. The highest BCUT2D eigenvalue weighted by atomic mass is 16.5. The van der Waals surface area contributed by atoms with Crippen LogP contribution in [0.5, 0.6) is 11.5 Å². The molecule has 18 heavy (non-hydrogen) atoms. The number of ether oxygens (including phenoxy) is 1. The molecular weight excluding hydrogens is 238 g/mol. The zero-order valence-electron chi connectivity index (χ0n) is 9.62. The topological polar surface area (TPSA) is 117 Å². The van der Waals surface area contributed by atoms with Crippen LogP contribution in [0.2, 0.25) is 0 Å². The smallest absolute Gasteiger partial charge is 0.262 e. The number of hydrogen-bond donors (Lipinski definition) is 4. The summed E-state index contributed by atoms with van der Waals surface area (Å²) in [6.45, 7) is 1.66. The predicted octanol–water partition coefficient (Wildman–Crippen LogP) is -0.378. The molecule has 1 aromatic rings. The first kappa shape index (κ1) is 12.2. The number of hydrogen-bond acceptors (Lipinski definition) is 6. The van der Waals surface area contributed by atoms with Crippen LogP contribution in [0, 0.1) is 0 Å². The SMILES string of the molecule is C[C@H]1OC(c2cccc(O)c2O)=N[C@H]1C(=O)NN. The van der Waals surface area contributed by atoms with E-state index in [0.717, 1.165) is 0 Å². The van der Waals surface area contributed by atoms with Crippen molar-refractivity contribution >= 4 is 11.8 Å². The fourth-order valence-corrected chi connectivity index (χ4v) is 1.70. The number of nitrogens with two attached hydrogens (primary N) is 1. The Morgan fingerprint density at radius 2 is 2.22 bits per heavy atom. The van der Waals surface area contributed by atoms with Crippen molar-refractivity contribution in [2.45, 2.75) is 19.1 Å². The van der Waals surface area contributed by atoms with Gasteiger partial charge in [0.05, 0.1) is 5.56 Å². The van der Waals surface area contributed by atoms with Gasteiger partial charge in [-0.3, -0.25) is 10.2 Å². The van der Waals surface area contributed by atoms with Crippen LogP contribution in [0.3, 0.4) is 0 Å². The molecule has 0 spiro atoms. The molecule has 5 N–H and O–H groups in total. The van der Waals surface area contributed by atoms with E-state index in [2.05, 4.69) is 4.99 Å². The molecule has 1 amide bonds. The molecule has 7 heteroatoms. The lowest BCUT2D eigenvalue weighted by atomic mass is 10.2. The maximum Gasteiger partial charge on any atom is 0.262 e. The van der Waals surface area contributed by atoms with E-state index in [0.29, 0.717) is 0 Å². The quantitative estimate of drug-likeness (QED) is 0.247. The van der Waals surface area contributed by atoms with Gasteiger partial charge in [-0.1, -0.05) is 6.07 Å². The van der Waals surface area contributed by atoms with E-state index < -0.39 is 18.1 Å². The van der Waals surface area contributed by atoms with Crippen LogP contribution in [-0.2, 0) is 9.53 Å². The second kappa shape index (κ2) is 4.53. The number of rotatable bonds is 2. The highest BCUT2D eigenvalue weighted by Gasteiger charge is 2.34. The van der Waals surface area contributed by atoms with E-state index in [1.54, 1.807) is 6.92 Å². The molecule has 2 atom stereocenters. The van der Waals surface area contributed by atoms with Gasteiger partial charge >= 0.3 is 0 Å². The number of carbonyl (C=O) groups excluding carboxylic acids is 1. The van der Waals surface area contributed by atoms with Crippen LogP contribution in [-0.4, -0.2) is 34.2 Å². The molecule has 1 heterocycles. The van der Waals surface area contributed by atoms with Crippen LogP contribution >= 0.6 is 0 Å². The van der Waals surface area contributed by atoms with Crippen LogP contribution < -0.4 is 11.3 Å². The maximum atomic E-state index is 11.4. The number of carbonyl (C=O) groups is 1. The highest BCUT2D eigenvalue weighted by Crippen LogP contribution is 2.31. The van der Waals surface area contributed by atoms with Crippen LogP contribution in [0.1, 0.15) is 12.5 Å². The molecule has 0 aromatic heterocycles. The van der Waals surface area contributed by atoms with Crippen molar-refractivity contribution in [3.05, 3.63) is 23.8 Å². The lowest BCUT2D eigenvalue weighted by Gasteiger charge is -2.11. The molecule has 0 saturated carbocycles. The average Bonchev–Trinajstić information content (AvgIpc) is 2.73. The summed E-state index contributed by atoms with van der Waals surface area (Å²) in [7, 11) is 0. The van der Waals surface area contributed by atoms with Gasteiger partial charge in [0.15, 0.2) is 17.5 Å². The van der Waals surface area contributed by atoms with Gasteiger partial charge in [0.2, 0.25) is 5.90 Å². The van der Waals surface area contributed by atoms with Crippen molar-refractivity contribution in [1.29, 1.82) is 0 Å². The number of amides is 1. The zero-order valence-corrected chi connectivity index (χ0v) is 9.62. The van der Waals surface area contributed by atoms with Crippen molar-refractivity contribution in [2.75, 3.05) is 0 Å². The van der Waals surface area contributed by atoms with Crippen molar-refractivity contribution in [1.82, 2.24) is 5.43 Å². The first-order valence-corrected chi connectivity index (χ1v) is 5.31. The second-order valence-electron chi connectivity index (χ2n) is 3.88. The molecule has 0 bridgehead atoms. The highest BCUT2D eigenvalue weighted by molar-refractivity contribution is 6.01. The Bertz CT molecular complexity index is 515. The number of aliphatic imine (C=N–C) groups is 1. The summed E-state index contributed by atoms with van der Waals surface area (Å²) in [5.74, 6) is 4.05. The minimum atomic E-state index is -0.772. The third-order valence-electron chi connectivity index (χ3n) is 2.65. The van der Waals surface area contributed by atoms with E-state index in [1.807, 2.05) is 5.43 Å². The number of benzene rings is 1. The standard InChI is InChI=1S/C11H13N3O4/c1-5-8(10(17)14-12)13-11(18-5)6-3-2-4-7(15)9(6)16/h2-5,8,15-16H,12H2,1H3,(H,14,17)/t5-,8-/m1/s1. The molecule has 0 radical (unpaired) electrons. The number of phenols is 2. The number of nitrogens with one attached hydrogen (secondary N) is 1. The first-order valence-electron chi connectivity index (χ1n) is 5.31. The summed E-state index contributed by atoms with van der Waals surface area (Å²) in [6, 6.07) is 3.63. The van der Waals surface area contributed by atoms with Gasteiger partial charge in [0.1, 0.15) is 6.10 Å². The van der Waals surface area contributed by atoms with Crippen molar-refractivity contribution in [3.63, 3.8) is 0 Å². The summed E-state index contributed by atoms with van der Waals surface area (Å²) in [5, 5.41) is 19.1. The van der Waals surface area contributed by atoms with Crippen molar-refractivity contribution in [2.24, 2.45) is 10.8 Å². The number of para-hydroxylation sites is 1. The van der Waals surface area contributed by atoms with Gasteiger partial charge in [-0.05, 0) is 19.1 Å². The molecule has 1 aliphatic heterocycles. The Morgan fingerprint density at radius 1 is 1.50 bits per heavy atom. The molecular formula is C11H13N3O4. The lowest BCUT2D eigenvalue weighted by molar-refractivity contribution is -0.123.